The zero-order valence-electron chi connectivity index (χ0n) is 8.08. The summed E-state index contributed by atoms with van der Waals surface area (Å²) >= 11 is 4.15. The van der Waals surface area contributed by atoms with Gasteiger partial charge in [-0.2, -0.15) is 0 Å². The van der Waals surface area contributed by atoms with Crippen LogP contribution in [0.25, 0.3) is 0 Å². The molecule has 0 aliphatic heterocycles. The molecule has 1 aliphatic rings. The molecule has 0 spiro atoms. The molecule has 1 aromatic rings. The molecule has 0 atom stereocenters. The summed E-state index contributed by atoms with van der Waals surface area (Å²) in [7, 11) is 0. The average molecular weight is 217 g/mol. The van der Waals surface area contributed by atoms with Gasteiger partial charge < -0.3 is 0 Å². The third-order valence-corrected chi connectivity index (χ3v) is 2.81. The van der Waals surface area contributed by atoms with E-state index < -0.39 is 4.87 Å². The monoisotopic (exact) mass is 217 g/mol. The summed E-state index contributed by atoms with van der Waals surface area (Å²) < 4.78 is 0. The van der Waals surface area contributed by atoms with E-state index >= 15 is 0 Å². The van der Waals surface area contributed by atoms with E-state index in [1.807, 2.05) is 30.4 Å². The number of benzene rings is 1. The van der Waals surface area contributed by atoms with E-state index in [2.05, 4.69) is 29.9 Å². The molecule has 0 radical (unpaired) electrons. The molecule has 0 fully saturated rings. The standard InChI is InChI=1S/C12H11NOS/c14-13-12(15)8-6-11(7-9-12)10-4-2-1-3-5-10/h1-9,11,15H. The Morgan fingerprint density at radius 1 is 1.13 bits per heavy atom. The first-order chi connectivity index (χ1) is 7.23. The summed E-state index contributed by atoms with van der Waals surface area (Å²) in [5, 5.41) is 2.95. The van der Waals surface area contributed by atoms with Crippen LogP contribution in [0.2, 0.25) is 0 Å². The first kappa shape index (κ1) is 10.2. The predicted octanol–water partition coefficient (Wildman–Crippen LogP) is 3.29. The lowest BCUT2D eigenvalue weighted by Crippen LogP contribution is -2.14. The molecule has 0 aromatic heterocycles. The number of hydrogen-bond donors (Lipinski definition) is 1. The van der Waals surface area contributed by atoms with Crippen LogP contribution in [0.1, 0.15) is 11.5 Å². The number of nitroso groups, excluding NO2 is 1. The fourth-order valence-corrected chi connectivity index (χ4v) is 1.74. The lowest BCUT2D eigenvalue weighted by atomic mass is 9.93. The van der Waals surface area contributed by atoms with E-state index in [1.165, 1.54) is 5.56 Å². The minimum absolute atomic E-state index is 0.216. The second-order valence-corrected chi connectivity index (χ2v) is 4.25. The molecule has 0 saturated heterocycles. The number of hydrogen-bond acceptors (Lipinski definition) is 3. The van der Waals surface area contributed by atoms with Gasteiger partial charge in [-0.3, -0.25) is 0 Å². The lowest BCUT2D eigenvalue weighted by Gasteiger charge is -2.18. The topological polar surface area (TPSA) is 29.4 Å². The van der Waals surface area contributed by atoms with Crippen LogP contribution < -0.4 is 0 Å². The van der Waals surface area contributed by atoms with Crippen molar-refractivity contribution in [2.45, 2.75) is 10.8 Å². The van der Waals surface area contributed by atoms with Crippen molar-refractivity contribution in [1.82, 2.24) is 0 Å². The van der Waals surface area contributed by atoms with Crippen molar-refractivity contribution in [2.24, 2.45) is 5.18 Å². The average Bonchev–Trinajstić information content (AvgIpc) is 2.31. The summed E-state index contributed by atoms with van der Waals surface area (Å²) in [6.45, 7) is 0. The second-order valence-electron chi connectivity index (χ2n) is 3.53. The quantitative estimate of drug-likeness (QED) is 0.460. The summed E-state index contributed by atoms with van der Waals surface area (Å²) in [4.78, 5) is 9.53. The van der Waals surface area contributed by atoms with Gasteiger partial charge in [-0.1, -0.05) is 42.5 Å². The largest absolute Gasteiger partial charge is 0.181 e. The molecule has 15 heavy (non-hydrogen) atoms. The van der Waals surface area contributed by atoms with E-state index in [1.54, 1.807) is 12.2 Å². The van der Waals surface area contributed by atoms with Crippen molar-refractivity contribution in [3.63, 3.8) is 0 Å². The van der Waals surface area contributed by atoms with Gasteiger partial charge in [-0.15, -0.1) is 17.5 Å². The fraction of sp³-hybridized carbons (Fsp3) is 0.167. The highest BCUT2D eigenvalue weighted by molar-refractivity contribution is 7.82. The van der Waals surface area contributed by atoms with Crippen LogP contribution in [0.3, 0.4) is 0 Å². The minimum atomic E-state index is -0.967. The maximum Gasteiger partial charge on any atom is 0.181 e. The van der Waals surface area contributed by atoms with Crippen LogP contribution in [-0.2, 0) is 0 Å². The van der Waals surface area contributed by atoms with Gasteiger partial charge in [0, 0.05) is 5.92 Å². The van der Waals surface area contributed by atoms with Crippen LogP contribution in [-0.4, -0.2) is 4.87 Å². The molecular formula is C12H11NOS. The third kappa shape index (κ3) is 2.18. The van der Waals surface area contributed by atoms with Crippen molar-refractivity contribution in [3.05, 3.63) is 65.1 Å². The minimum Gasteiger partial charge on any atom is -0.149 e. The van der Waals surface area contributed by atoms with Gasteiger partial charge >= 0.3 is 0 Å². The number of allylic oxidation sites excluding steroid dienone is 2. The molecule has 2 nitrogen and oxygen atoms in total. The number of thiol groups is 1. The molecule has 0 amide bonds. The van der Waals surface area contributed by atoms with Crippen LogP contribution >= 0.6 is 12.6 Å². The Balaban J connectivity index is 2.22. The number of rotatable bonds is 2. The molecule has 0 heterocycles. The molecule has 0 saturated carbocycles. The van der Waals surface area contributed by atoms with Crippen molar-refractivity contribution in [2.75, 3.05) is 0 Å². The zero-order chi connectivity index (χ0) is 10.7. The molecule has 0 unspecified atom stereocenters. The highest BCUT2D eigenvalue weighted by atomic mass is 32.1. The fourth-order valence-electron chi connectivity index (χ4n) is 1.57. The van der Waals surface area contributed by atoms with E-state index in [9.17, 15) is 4.91 Å². The van der Waals surface area contributed by atoms with Gasteiger partial charge in [0.1, 0.15) is 0 Å². The SMILES string of the molecule is O=NC1(S)C=CC(c2ccccc2)C=C1. The summed E-state index contributed by atoms with van der Waals surface area (Å²) in [5.41, 5.74) is 1.20. The Bertz CT molecular complexity index is 397. The van der Waals surface area contributed by atoms with E-state index in [0.717, 1.165) is 0 Å². The van der Waals surface area contributed by atoms with Crippen LogP contribution in [0.15, 0.2) is 59.8 Å². The van der Waals surface area contributed by atoms with Gasteiger partial charge in [0.15, 0.2) is 4.87 Å². The van der Waals surface area contributed by atoms with Crippen molar-refractivity contribution in [3.8, 4) is 0 Å². The molecule has 76 valence electrons. The van der Waals surface area contributed by atoms with Crippen molar-refractivity contribution >= 4 is 12.6 Å². The Labute approximate surface area is 94.1 Å². The van der Waals surface area contributed by atoms with Gasteiger partial charge in [-0.25, -0.2) is 0 Å². The molecule has 1 aliphatic carbocycles. The molecule has 0 N–H and O–H groups in total. The van der Waals surface area contributed by atoms with Crippen molar-refractivity contribution in [1.29, 1.82) is 0 Å². The van der Waals surface area contributed by atoms with Crippen LogP contribution in [0, 0.1) is 4.91 Å². The molecular weight excluding hydrogens is 206 g/mol. The van der Waals surface area contributed by atoms with Crippen LogP contribution in [0.5, 0.6) is 0 Å². The third-order valence-electron chi connectivity index (χ3n) is 2.43. The maximum atomic E-state index is 10.5. The molecule has 2 rings (SSSR count). The first-order valence-electron chi connectivity index (χ1n) is 4.74. The Morgan fingerprint density at radius 3 is 2.27 bits per heavy atom. The Hall–Kier alpha value is -1.35. The highest BCUT2D eigenvalue weighted by Crippen LogP contribution is 2.30. The Kier molecular flexibility index (Phi) is 2.73. The van der Waals surface area contributed by atoms with Crippen molar-refractivity contribution < 1.29 is 0 Å². The first-order valence-corrected chi connectivity index (χ1v) is 5.19. The van der Waals surface area contributed by atoms with E-state index in [4.69, 9.17) is 0 Å². The van der Waals surface area contributed by atoms with Crippen LogP contribution in [0.4, 0.5) is 0 Å². The van der Waals surface area contributed by atoms with Gasteiger partial charge in [-0.05, 0) is 22.9 Å². The molecule has 1 aromatic carbocycles. The normalized spacial score (nSPS) is 29.0. The van der Waals surface area contributed by atoms with Gasteiger partial charge in [0.25, 0.3) is 0 Å². The smallest absolute Gasteiger partial charge is 0.149 e. The maximum absolute atomic E-state index is 10.5. The predicted molar refractivity (Wildman–Crippen MR) is 65.0 cm³/mol. The van der Waals surface area contributed by atoms with Gasteiger partial charge in [0.05, 0.1) is 0 Å². The second kappa shape index (κ2) is 4.03. The molecule has 3 heteroatoms. The Morgan fingerprint density at radius 2 is 1.73 bits per heavy atom. The molecule has 0 bridgehead atoms. The summed E-state index contributed by atoms with van der Waals surface area (Å²) in [6.07, 6.45) is 7.34. The van der Waals surface area contributed by atoms with E-state index in [0.29, 0.717) is 0 Å². The zero-order valence-corrected chi connectivity index (χ0v) is 8.97. The number of nitrogens with zero attached hydrogens (tertiary/aromatic N) is 1. The summed E-state index contributed by atoms with van der Waals surface area (Å²) in [6, 6.07) is 10.1. The highest BCUT2D eigenvalue weighted by Gasteiger charge is 2.23. The van der Waals surface area contributed by atoms with Gasteiger partial charge in [0.2, 0.25) is 0 Å². The summed E-state index contributed by atoms with van der Waals surface area (Å²) in [5.74, 6) is 0.216. The lowest BCUT2D eigenvalue weighted by molar-refractivity contribution is 0.887. The van der Waals surface area contributed by atoms with E-state index in [-0.39, 0.29) is 5.92 Å².